The highest BCUT2D eigenvalue weighted by molar-refractivity contribution is 5.26. The summed E-state index contributed by atoms with van der Waals surface area (Å²) in [7, 11) is 2.98. The van der Waals surface area contributed by atoms with Gasteiger partial charge in [0.15, 0.2) is 6.29 Å². The monoisotopic (exact) mass is 314 g/mol. The second-order valence-corrected chi connectivity index (χ2v) is 5.07. The summed E-state index contributed by atoms with van der Waals surface area (Å²) < 4.78 is 21.1. The van der Waals surface area contributed by atoms with Crippen molar-refractivity contribution in [3.63, 3.8) is 0 Å². The van der Waals surface area contributed by atoms with Crippen molar-refractivity contribution in [2.24, 2.45) is 0 Å². The third-order valence-corrected chi connectivity index (χ3v) is 3.63. The summed E-state index contributed by atoms with van der Waals surface area (Å²) >= 11 is 0. The maximum Gasteiger partial charge on any atom is 0.186 e. The van der Waals surface area contributed by atoms with Gasteiger partial charge in [-0.05, 0) is 17.7 Å². The van der Waals surface area contributed by atoms with Gasteiger partial charge in [-0.25, -0.2) is 0 Å². The number of methoxy groups -OCH3 is 2. The van der Waals surface area contributed by atoms with Crippen LogP contribution in [-0.4, -0.2) is 66.9 Å². The van der Waals surface area contributed by atoms with E-state index in [1.54, 1.807) is 19.2 Å². The Labute approximate surface area is 129 Å². The smallest absolute Gasteiger partial charge is 0.186 e. The van der Waals surface area contributed by atoms with Crippen molar-refractivity contribution in [1.82, 2.24) is 0 Å². The topological polar surface area (TPSA) is 97.6 Å². The van der Waals surface area contributed by atoms with Gasteiger partial charge in [0.2, 0.25) is 0 Å². The highest BCUT2D eigenvalue weighted by atomic mass is 16.7. The second kappa shape index (κ2) is 7.87. The molecule has 1 saturated heterocycles. The molecule has 0 aromatic heterocycles. The van der Waals surface area contributed by atoms with Crippen molar-refractivity contribution in [2.75, 3.05) is 20.8 Å². The van der Waals surface area contributed by atoms with Gasteiger partial charge in [0.05, 0.1) is 20.3 Å². The van der Waals surface area contributed by atoms with E-state index in [1.165, 1.54) is 7.11 Å². The highest BCUT2D eigenvalue weighted by Crippen LogP contribution is 2.27. The maximum atomic E-state index is 10.1. The average Bonchev–Trinajstić information content (AvgIpc) is 2.88. The lowest BCUT2D eigenvalue weighted by Crippen LogP contribution is -2.42. The molecular weight excluding hydrogens is 292 g/mol. The van der Waals surface area contributed by atoms with Crippen LogP contribution in [0.2, 0.25) is 0 Å². The Kier molecular flexibility index (Phi) is 6.13. The third-order valence-electron chi connectivity index (χ3n) is 3.63. The predicted molar refractivity (Wildman–Crippen MR) is 76.3 cm³/mol. The zero-order chi connectivity index (χ0) is 16.1. The van der Waals surface area contributed by atoms with E-state index >= 15 is 0 Å². The first-order valence-corrected chi connectivity index (χ1v) is 7.00. The SMILES string of the molecule is COc1ccc(CO[C@H]2[C@H](O)[C@H](OC)O[C@@H]2[C@@H](O)CO)cc1. The van der Waals surface area contributed by atoms with Gasteiger partial charge in [0.25, 0.3) is 0 Å². The molecule has 1 aliphatic rings. The number of hydrogen-bond donors (Lipinski definition) is 3. The van der Waals surface area contributed by atoms with Crippen LogP contribution in [0.3, 0.4) is 0 Å². The Hall–Kier alpha value is -1.22. The number of hydrogen-bond acceptors (Lipinski definition) is 7. The summed E-state index contributed by atoms with van der Waals surface area (Å²) in [6.07, 6.45) is -4.76. The van der Waals surface area contributed by atoms with Gasteiger partial charge in [0.1, 0.15) is 30.2 Å². The molecule has 7 heteroatoms. The van der Waals surface area contributed by atoms with Gasteiger partial charge in [-0.3, -0.25) is 0 Å². The van der Waals surface area contributed by atoms with E-state index in [-0.39, 0.29) is 6.61 Å². The molecule has 1 fully saturated rings. The van der Waals surface area contributed by atoms with Gasteiger partial charge in [-0.2, -0.15) is 0 Å². The molecule has 0 spiro atoms. The third kappa shape index (κ3) is 3.75. The predicted octanol–water partition coefficient (Wildman–Crippen LogP) is -0.334. The molecule has 22 heavy (non-hydrogen) atoms. The second-order valence-electron chi connectivity index (χ2n) is 5.07. The zero-order valence-electron chi connectivity index (χ0n) is 12.6. The minimum Gasteiger partial charge on any atom is -0.497 e. The fourth-order valence-electron chi connectivity index (χ4n) is 2.38. The van der Waals surface area contributed by atoms with Gasteiger partial charge < -0.3 is 34.3 Å². The van der Waals surface area contributed by atoms with Crippen molar-refractivity contribution in [2.45, 2.75) is 37.3 Å². The summed E-state index contributed by atoms with van der Waals surface area (Å²) in [4.78, 5) is 0. The first kappa shape index (κ1) is 17.1. The average molecular weight is 314 g/mol. The molecule has 1 aliphatic heterocycles. The molecule has 1 aromatic carbocycles. The van der Waals surface area contributed by atoms with Gasteiger partial charge in [-0.15, -0.1) is 0 Å². The van der Waals surface area contributed by atoms with Crippen LogP contribution in [0.1, 0.15) is 5.56 Å². The van der Waals surface area contributed by atoms with Crippen LogP contribution in [0.5, 0.6) is 5.75 Å². The summed E-state index contributed by atoms with van der Waals surface area (Å²) in [6, 6.07) is 7.29. The number of aliphatic hydroxyl groups excluding tert-OH is 3. The molecule has 3 N–H and O–H groups in total. The Morgan fingerprint density at radius 3 is 2.45 bits per heavy atom. The molecule has 0 unspecified atom stereocenters. The molecule has 0 saturated carbocycles. The first-order valence-electron chi connectivity index (χ1n) is 7.00. The molecule has 1 heterocycles. The highest BCUT2D eigenvalue weighted by Gasteiger charge is 2.47. The van der Waals surface area contributed by atoms with Gasteiger partial charge in [0, 0.05) is 7.11 Å². The largest absolute Gasteiger partial charge is 0.497 e. The number of rotatable bonds is 7. The molecule has 7 nitrogen and oxygen atoms in total. The first-order chi connectivity index (χ1) is 10.6. The molecule has 2 rings (SSSR count). The van der Waals surface area contributed by atoms with E-state index in [4.69, 9.17) is 24.1 Å². The minimum absolute atomic E-state index is 0.222. The molecule has 0 bridgehead atoms. The zero-order valence-corrected chi connectivity index (χ0v) is 12.6. The van der Waals surface area contributed by atoms with Crippen LogP contribution in [0.4, 0.5) is 0 Å². The molecular formula is C15H22O7. The molecule has 5 atom stereocenters. The van der Waals surface area contributed by atoms with E-state index in [0.717, 1.165) is 11.3 Å². The summed E-state index contributed by atoms with van der Waals surface area (Å²) in [5.74, 6) is 0.737. The van der Waals surface area contributed by atoms with Gasteiger partial charge >= 0.3 is 0 Å². The van der Waals surface area contributed by atoms with Crippen LogP contribution in [0, 0.1) is 0 Å². The van der Waals surface area contributed by atoms with E-state index in [1.807, 2.05) is 12.1 Å². The van der Waals surface area contributed by atoms with E-state index in [2.05, 4.69) is 0 Å². The van der Waals surface area contributed by atoms with E-state index < -0.39 is 37.3 Å². The number of aliphatic hydroxyl groups is 3. The molecule has 124 valence electrons. The Morgan fingerprint density at radius 2 is 1.91 bits per heavy atom. The maximum absolute atomic E-state index is 10.1. The summed E-state index contributed by atoms with van der Waals surface area (Å²) in [6.45, 7) is -0.267. The molecule has 0 aliphatic carbocycles. The van der Waals surface area contributed by atoms with Gasteiger partial charge in [-0.1, -0.05) is 12.1 Å². The van der Waals surface area contributed by atoms with Crippen LogP contribution in [0.15, 0.2) is 24.3 Å². The van der Waals surface area contributed by atoms with Crippen molar-refractivity contribution in [3.05, 3.63) is 29.8 Å². The number of ether oxygens (including phenoxy) is 4. The lowest BCUT2D eigenvalue weighted by molar-refractivity contribution is -0.167. The van der Waals surface area contributed by atoms with Crippen LogP contribution < -0.4 is 4.74 Å². The van der Waals surface area contributed by atoms with Crippen LogP contribution >= 0.6 is 0 Å². The number of benzene rings is 1. The standard InChI is InChI=1S/C15H22O7/c1-19-10-5-3-9(4-6-10)8-21-14-12(18)15(20-2)22-13(14)11(17)7-16/h3-6,11-18H,7-8H2,1-2H3/t11-,12-,13+,14-,15+/m0/s1. The Bertz CT molecular complexity index is 450. The van der Waals surface area contributed by atoms with Crippen LogP contribution in [0.25, 0.3) is 0 Å². The molecule has 0 radical (unpaired) electrons. The summed E-state index contributed by atoms with van der Waals surface area (Å²) in [5.41, 5.74) is 0.881. The molecule has 1 aromatic rings. The lowest BCUT2D eigenvalue weighted by Gasteiger charge is -2.23. The molecule has 0 amide bonds. The van der Waals surface area contributed by atoms with E-state index in [9.17, 15) is 10.2 Å². The van der Waals surface area contributed by atoms with Crippen molar-refractivity contribution >= 4 is 0 Å². The fraction of sp³-hybridized carbons (Fsp3) is 0.600. The Morgan fingerprint density at radius 1 is 1.23 bits per heavy atom. The normalized spacial score (nSPS) is 29.5. The lowest BCUT2D eigenvalue weighted by atomic mass is 10.1. The van der Waals surface area contributed by atoms with E-state index in [0.29, 0.717) is 0 Å². The van der Waals surface area contributed by atoms with Crippen molar-refractivity contribution < 1.29 is 34.3 Å². The minimum atomic E-state index is -1.16. The Balaban J connectivity index is 2.00. The van der Waals surface area contributed by atoms with Crippen molar-refractivity contribution in [1.29, 1.82) is 0 Å². The van der Waals surface area contributed by atoms with Crippen molar-refractivity contribution in [3.8, 4) is 5.75 Å². The summed E-state index contributed by atoms with van der Waals surface area (Å²) in [5, 5.41) is 29.0. The van der Waals surface area contributed by atoms with Crippen LogP contribution in [-0.2, 0) is 20.8 Å². The fourth-order valence-corrected chi connectivity index (χ4v) is 2.38. The quantitative estimate of drug-likeness (QED) is 0.634.